The van der Waals surface area contributed by atoms with Gasteiger partial charge in [0.1, 0.15) is 0 Å². The lowest BCUT2D eigenvalue weighted by molar-refractivity contribution is 0.298. The molecular weight excluding hydrogens is 419 g/mol. The SMILES string of the molecule is CN=C(NCC(c1ccccc1)N(C)C)NCC(C)(C)SC.I. The van der Waals surface area contributed by atoms with E-state index in [0.717, 1.165) is 19.0 Å². The largest absolute Gasteiger partial charge is 0.355 e. The van der Waals surface area contributed by atoms with E-state index in [4.69, 9.17) is 0 Å². The molecule has 1 rings (SSSR count). The van der Waals surface area contributed by atoms with Gasteiger partial charge < -0.3 is 15.5 Å². The molecule has 0 heterocycles. The van der Waals surface area contributed by atoms with E-state index in [1.807, 2.05) is 18.8 Å². The fourth-order valence-corrected chi connectivity index (χ4v) is 2.27. The summed E-state index contributed by atoms with van der Waals surface area (Å²) in [5.41, 5.74) is 1.31. The molecule has 0 aromatic heterocycles. The Morgan fingerprint density at radius 3 is 2.30 bits per heavy atom. The van der Waals surface area contributed by atoms with Gasteiger partial charge >= 0.3 is 0 Å². The average molecular weight is 450 g/mol. The van der Waals surface area contributed by atoms with Crippen molar-refractivity contribution in [2.45, 2.75) is 24.6 Å². The molecule has 0 bridgehead atoms. The molecule has 6 heteroatoms. The van der Waals surface area contributed by atoms with Crippen molar-refractivity contribution in [2.75, 3.05) is 40.5 Å². The number of benzene rings is 1. The number of guanidine groups is 1. The van der Waals surface area contributed by atoms with Crippen molar-refractivity contribution in [3.05, 3.63) is 35.9 Å². The van der Waals surface area contributed by atoms with Crippen LogP contribution in [-0.4, -0.2) is 56.1 Å². The standard InChI is InChI=1S/C17H30N4S.HI/c1-17(2,22-6)13-20-16(18-3)19-12-15(21(4)5)14-10-8-7-9-11-14;/h7-11,15H,12-13H2,1-6H3,(H2,18,19,20);1H. The fourth-order valence-electron chi connectivity index (χ4n) is 2.06. The van der Waals surface area contributed by atoms with Gasteiger partial charge in [-0.3, -0.25) is 4.99 Å². The van der Waals surface area contributed by atoms with E-state index in [2.05, 4.69) is 85.1 Å². The van der Waals surface area contributed by atoms with Crippen LogP contribution in [-0.2, 0) is 0 Å². The van der Waals surface area contributed by atoms with Crippen molar-refractivity contribution in [3.63, 3.8) is 0 Å². The molecule has 1 aromatic carbocycles. The summed E-state index contributed by atoms with van der Waals surface area (Å²) in [5.74, 6) is 0.852. The third-order valence-electron chi connectivity index (χ3n) is 3.73. The number of halogens is 1. The lowest BCUT2D eigenvalue weighted by Crippen LogP contribution is -2.45. The molecule has 1 aromatic rings. The highest BCUT2D eigenvalue weighted by molar-refractivity contribution is 14.0. The van der Waals surface area contributed by atoms with Crippen LogP contribution in [0.5, 0.6) is 0 Å². The number of nitrogens with one attached hydrogen (secondary N) is 2. The van der Waals surface area contributed by atoms with Crippen LogP contribution in [0.15, 0.2) is 35.3 Å². The molecule has 4 nitrogen and oxygen atoms in total. The van der Waals surface area contributed by atoms with Crippen molar-refractivity contribution in [2.24, 2.45) is 4.99 Å². The predicted octanol–water partition coefficient (Wildman–Crippen LogP) is 3.21. The van der Waals surface area contributed by atoms with Crippen LogP contribution < -0.4 is 10.6 Å². The van der Waals surface area contributed by atoms with Crippen LogP contribution in [0.4, 0.5) is 0 Å². The van der Waals surface area contributed by atoms with Gasteiger partial charge in [0.15, 0.2) is 5.96 Å². The van der Waals surface area contributed by atoms with Gasteiger partial charge in [0.25, 0.3) is 0 Å². The monoisotopic (exact) mass is 450 g/mol. The van der Waals surface area contributed by atoms with Gasteiger partial charge in [-0.15, -0.1) is 24.0 Å². The van der Waals surface area contributed by atoms with Gasteiger partial charge in [0.2, 0.25) is 0 Å². The van der Waals surface area contributed by atoms with Gasteiger partial charge in [-0.25, -0.2) is 0 Å². The molecule has 0 saturated heterocycles. The van der Waals surface area contributed by atoms with E-state index in [0.29, 0.717) is 6.04 Å². The number of likely N-dealkylation sites (N-methyl/N-ethyl adjacent to an activating group) is 1. The first-order chi connectivity index (χ1) is 10.4. The Hall–Kier alpha value is -0.470. The summed E-state index contributed by atoms with van der Waals surface area (Å²) >= 11 is 1.85. The molecule has 2 N–H and O–H groups in total. The summed E-state index contributed by atoms with van der Waals surface area (Å²) in [6, 6.07) is 10.9. The van der Waals surface area contributed by atoms with Crippen molar-refractivity contribution in [1.29, 1.82) is 0 Å². The molecule has 0 aliphatic heterocycles. The minimum atomic E-state index is 0. The number of nitrogens with zero attached hydrogens (tertiary/aromatic N) is 2. The molecule has 1 atom stereocenters. The van der Waals surface area contributed by atoms with Gasteiger partial charge in [0.05, 0.1) is 6.04 Å². The van der Waals surface area contributed by atoms with E-state index in [1.54, 1.807) is 0 Å². The normalized spacial score (nSPS) is 13.4. The zero-order chi connectivity index (χ0) is 16.6. The number of rotatable bonds is 7. The maximum atomic E-state index is 4.32. The van der Waals surface area contributed by atoms with Crippen LogP contribution in [0.1, 0.15) is 25.5 Å². The quantitative estimate of drug-likeness (QED) is 0.380. The van der Waals surface area contributed by atoms with E-state index in [9.17, 15) is 0 Å². The Morgan fingerprint density at radius 1 is 1.22 bits per heavy atom. The van der Waals surface area contributed by atoms with Crippen LogP contribution in [0.2, 0.25) is 0 Å². The number of aliphatic imine (C=N–C) groups is 1. The molecule has 0 saturated carbocycles. The molecule has 0 fully saturated rings. The van der Waals surface area contributed by atoms with E-state index < -0.39 is 0 Å². The zero-order valence-electron chi connectivity index (χ0n) is 15.1. The minimum Gasteiger partial charge on any atom is -0.355 e. The van der Waals surface area contributed by atoms with E-state index >= 15 is 0 Å². The first kappa shape index (κ1) is 22.5. The molecule has 0 aliphatic carbocycles. The topological polar surface area (TPSA) is 39.7 Å². The Bertz CT molecular complexity index is 463. The number of thioether (sulfide) groups is 1. The fraction of sp³-hybridized carbons (Fsp3) is 0.588. The minimum absolute atomic E-state index is 0. The van der Waals surface area contributed by atoms with Crippen molar-refractivity contribution >= 4 is 41.7 Å². The maximum absolute atomic E-state index is 4.32. The van der Waals surface area contributed by atoms with E-state index in [-0.39, 0.29) is 28.7 Å². The highest BCUT2D eigenvalue weighted by Crippen LogP contribution is 2.19. The maximum Gasteiger partial charge on any atom is 0.191 e. The highest BCUT2D eigenvalue weighted by Gasteiger charge is 2.17. The Morgan fingerprint density at radius 2 is 1.83 bits per heavy atom. The molecule has 132 valence electrons. The lowest BCUT2D eigenvalue weighted by atomic mass is 10.1. The Kier molecular flexibility index (Phi) is 10.9. The number of hydrogen-bond donors (Lipinski definition) is 2. The lowest BCUT2D eigenvalue weighted by Gasteiger charge is -2.27. The van der Waals surface area contributed by atoms with Gasteiger partial charge in [0, 0.05) is 24.9 Å². The second-order valence-corrected chi connectivity index (χ2v) is 7.67. The van der Waals surface area contributed by atoms with Crippen LogP contribution >= 0.6 is 35.7 Å². The summed E-state index contributed by atoms with van der Waals surface area (Å²) in [6.07, 6.45) is 2.13. The van der Waals surface area contributed by atoms with E-state index in [1.165, 1.54) is 5.56 Å². The second-order valence-electron chi connectivity index (χ2n) is 6.16. The first-order valence-corrected chi connectivity index (χ1v) is 8.83. The highest BCUT2D eigenvalue weighted by atomic mass is 127. The first-order valence-electron chi connectivity index (χ1n) is 7.60. The third-order valence-corrected chi connectivity index (χ3v) is 4.98. The molecule has 0 radical (unpaired) electrons. The number of hydrogen-bond acceptors (Lipinski definition) is 3. The molecule has 1 unspecified atom stereocenters. The summed E-state index contributed by atoms with van der Waals surface area (Å²) < 4.78 is 0.192. The summed E-state index contributed by atoms with van der Waals surface area (Å²) in [7, 11) is 6.02. The molecule has 0 aliphatic rings. The van der Waals surface area contributed by atoms with Gasteiger partial charge in [-0.2, -0.15) is 11.8 Å². The van der Waals surface area contributed by atoms with Crippen LogP contribution in [0.3, 0.4) is 0 Å². The molecule has 0 amide bonds. The smallest absolute Gasteiger partial charge is 0.191 e. The predicted molar refractivity (Wildman–Crippen MR) is 115 cm³/mol. The molecular formula is C17H31IN4S. The van der Waals surface area contributed by atoms with Crippen LogP contribution in [0.25, 0.3) is 0 Å². The molecule has 23 heavy (non-hydrogen) atoms. The summed E-state index contributed by atoms with van der Waals surface area (Å²) in [4.78, 5) is 6.54. The molecule has 0 spiro atoms. The Balaban J connectivity index is 0.00000484. The third kappa shape index (κ3) is 8.26. The van der Waals surface area contributed by atoms with Gasteiger partial charge in [-0.05, 0) is 39.8 Å². The average Bonchev–Trinajstić information content (AvgIpc) is 2.51. The van der Waals surface area contributed by atoms with Crippen molar-refractivity contribution in [1.82, 2.24) is 15.5 Å². The zero-order valence-corrected chi connectivity index (χ0v) is 18.2. The Labute approximate surface area is 162 Å². The summed E-state index contributed by atoms with van der Waals surface area (Å²) in [5, 5.41) is 6.84. The van der Waals surface area contributed by atoms with Gasteiger partial charge in [-0.1, -0.05) is 30.3 Å². The summed E-state index contributed by atoms with van der Waals surface area (Å²) in [6.45, 7) is 6.15. The van der Waals surface area contributed by atoms with Crippen molar-refractivity contribution in [3.8, 4) is 0 Å². The second kappa shape index (κ2) is 11.1. The van der Waals surface area contributed by atoms with Crippen LogP contribution in [0, 0.1) is 0 Å². The van der Waals surface area contributed by atoms with Crippen molar-refractivity contribution < 1.29 is 0 Å².